The standard InChI is InChI=1S/C12H10N2O3/c15-11(6-12(16)17)14-10-3-1-2-8-7-13-5-4-9(8)10/h1-5,7H,6H2,(H,14,15)(H,16,17). The van der Waals surface area contributed by atoms with E-state index in [2.05, 4.69) is 10.3 Å². The first-order valence-corrected chi connectivity index (χ1v) is 5.01. The Kier molecular flexibility index (Phi) is 3.00. The minimum Gasteiger partial charge on any atom is -0.481 e. The summed E-state index contributed by atoms with van der Waals surface area (Å²) in [6.45, 7) is 0. The van der Waals surface area contributed by atoms with Crippen LogP contribution in [-0.4, -0.2) is 22.0 Å². The van der Waals surface area contributed by atoms with Crippen LogP contribution < -0.4 is 5.32 Å². The van der Waals surface area contributed by atoms with E-state index < -0.39 is 18.3 Å². The first-order valence-electron chi connectivity index (χ1n) is 5.01. The zero-order valence-corrected chi connectivity index (χ0v) is 8.88. The molecule has 1 aromatic carbocycles. The monoisotopic (exact) mass is 230 g/mol. The fraction of sp³-hybridized carbons (Fsp3) is 0.0833. The number of hydrogen-bond acceptors (Lipinski definition) is 3. The summed E-state index contributed by atoms with van der Waals surface area (Å²) in [5.74, 6) is -1.69. The Morgan fingerprint density at radius 1 is 1.29 bits per heavy atom. The number of carboxylic acid groups (broad SMARTS) is 1. The highest BCUT2D eigenvalue weighted by Gasteiger charge is 2.09. The maximum Gasteiger partial charge on any atom is 0.312 e. The third-order valence-corrected chi connectivity index (χ3v) is 2.27. The predicted octanol–water partition coefficient (Wildman–Crippen LogP) is 1.65. The molecule has 2 N–H and O–H groups in total. The number of pyridine rings is 1. The summed E-state index contributed by atoms with van der Waals surface area (Å²) < 4.78 is 0. The Morgan fingerprint density at radius 3 is 2.88 bits per heavy atom. The summed E-state index contributed by atoms with van der Waals surface area (Å²) in [7, 11) is 0. The average Bonchev–Trinajstić information content (AvgIpc) is 2.28. The highest BCUT2D eigenvalue weighted by Crippen LogP contribution is 2.22. The van der Waals surface area contributed by atoms with Crippen molar-refractivity contribution in [3.8, 4) is 0 Å². The summed E-state index contributed by atoms with van der Waals surface area (Å²) in [4.78, 5) is 25.7. The molecule has 0 aliphatic rings. The van der Waals surface area contributed by atoms with Gasteiger partial charge in [-0.15, -0.1) is 0 Å². The Morgan fingerprint density at radius 2 is 2.12 bits per heavy atom. The van der Waals surface area contributed by atoms with Crippen molar-refractivity contribution in [3.05, 3.63) is 36.7 Å². The van der Waals surface area contributed by atoms with E-state index in [1.165, 1.54) is 0 Å². The minimum atomic E-state index is -1.15. The first-order chi connectivity index (χ1) is 8.16. The van der Waals surface area contributed by atoms with Gasteiger partial charge in [-0.3, -0.25) is 14.6 Å². The molecule has 0 aliphatic heterocycles. The van der Waals surface area contributed by atoms with Gasteiger partial charge < -0.3 is 10.4 Å². The quantitative estimate of drug-likeness (QED) is 0.786. The van der Waals surface area contributed by atoms with Crippen LogP contribution in [0.3, 0.4) is 0 Å². The van der Waals surface area contributed by atoms with Gasteiger partial charge in [0, 0.05) is 28.9 Å². The number of carbonyl (C=O) groups is 2. The Labute approximate surface area is 97.1 Å². The van der Waals surface area contributed by atoms with Gasteiger partial charge in [-0.2, -0.15) is 0 Å². The summed E-state index contributed by atoms with van der Waals surface area (Å²) in [6, 6.07) is 7.14. The molecule has 0 aliphatic carbocycles. The van der Waals surface area contributed by atoms with Crippen molar-refractivity contribution in [2.75, 3.05) is 5.32 Å². The third kappa shape index (κ3) is 2.57. The molecule has 0 saturated heterocycles. The number of carboxylic acids is 1. The molecule has 5 nitrogen and oxygen atoms in total. The van der Waals surface area contributed by atoms with Crippen molar-refractivity contribution in [2.45, 2.75) is 6.42 Å². The molecule has 0 spiro atoms. The fourth-order valence-electron chi connectivity index (χ4n) is 1.56. The number of aliphatic carboxylic acids is 1. The van der Waals surface area contributed by atoms with E-state index in [1.807, 2.05) is 6.07 Å². The molecule has 2 rings (SSSR count). The molecule has 0 atom stereocenters. The maximum absolute atomic E-state index is 11.4. The maximum atomic E-state index is 11.4. The summed E-state index contributed by atoms with van der Waals surface area (Å²) in [5.41, 5.74) is 0.594. The van der Waals surface area contributed by atoms with E-state index in [1.54, 1.807) is 30.6 Å². The lowest BCUT2D eigenvalue weighted by Gasteiger charge is -2.07. The van der Waals surface area contributed by atoms with E-state index >= 15 is 0 Å². The number of aromatic nitrogens is 1. The molecule has 0 radical (unpaired) electrons. The second-order valence-corrected chi connectivity index (χ2v) is 3.52. The summed E-state index contributed by atoms with van der Waals surface area (Å²) in [5, 5.41) is 12.8. The molecule has 1 aromatic heterocycles. The lowest BCUT2D eigenvalue weighted by atomic mass is 10.1. The van der Waals surface area contributed by atoms with Crippen molar-refractivity contribution in [2.24, 2.45) is 0 Å². The summed E-state index contributed by atoms with van der Waals surface area (Å²) in [6.07, 6.45) is 2.76. The van der Waals surface area contributed by atoms with Crippen LogP contribution in [0.25, 0.3) is 10.8 Å². The molecule has 17 heavy (non-hydrogen) atoms. The minimum absolute atomic E-state index is 0.540. The molecule has 1 amide bonds. The van der Waals surface area contributed by atoms with Gasteiger partial charge >= 0.3 is 5.97 Å². The highest BCUT2D eigenvalue weighted by molar-refractivity contribution is 6.06. The topological polar surface area (TPSA) is 79.3 Å². The number of nitrogens with zero attached hydrogens (tertiary/aromatic N) is 1. The highest BCUT2D eigenvalue weighted by atomic mass is 16.4. The van der Waals surface area contributed by atoms with Crippen LogP contribution in [0, 0.1) is 0 Å². The smallest absolute Gasteiger partial charge is 0.312 e. The van der Waals surface area contributed by atoms with E-state index in [4.69, 9.17) is 5.11 Å². The number of carbonyl (C=O) groups excluding carboxylic acids is 1. The van der Waals surface area contributed by atoms with Crippen LogP contribution in [0.2, 0.25) is 0 Å². The van der Waals surface area contributed by atoms with Gasteiger partial charge in [-0.1, -0.05) is 12.1 Å². The van der Waals surface area contributed by atoms with E-state index in [0.29, 0.717) is 5.69 Å². The predicted molar refractivity (Wildman–Crippen MR) is 62.6 cm³/mol. The summed E-state index contributed by atoms with van der Waals surface area (Å²) >= 11 is 0. The Balaban J connectivity index is 2.30. The fourth-order valence-corrected chi connectivity index (χ4v) is 1.56. The Bertz CT molecular complexity index is 575. The molecule has 86 valence electrons. The van der Waals surface area contributed by atoms with Crippen LogP contribution in [0.1, 0.15) is 6.42 Å². The number of amides is 1. The van der Waals surface area contributed by atoms with Gasteiger partial charge in [0.2, 0.25) is 5.91 Å². The average molecular weight is 230 g/mol. The number of fused-ring (bicyclic) bond motifs is 1. The molecule has 0 unspecified atom stereocenters. The van der Waals surface area contributed by atoms with Crippen molar-refractivity contribution in [1.82, 2.24) is 4.98 Å². The molecule has 0 saturated carbocycles. The second-order valence-electron chi connectivity index (χ2n) is 3.52. The lowest BCUT2D eigenvalue weighted by Crippen LogP contribution is -2.16. The number of benzene rings is 1. The number of hydrogen-bond donors (Lipinski definition) is 2. The first kappa shape index (κ1) is 11.1. The molecule has 0 bridgehead atoms. The van der Waals surface area contributed by atoms with Crippen LogP contribution >= 0.6 is 0 Å². The largest absolute Gasteiger partial charge is 0.481 e. The van der Waals surface area contributed by atoms with Crippen LogP contribution in [0.15, 0.2) is 36.7 Å². The van der Waals surface area contributed by atoms with Crippen LogP contribution in [0.5, 0.6) is 0 Å². The molecule has 2 aromatic rings. The zero-order chi connectivity index (χ0) is 12.3. The van der Waals surface area contributed by atoms with Crippen molar-refractivity contribution < 1.29 is 14.7 Å². The molecule has 0 fully saturated rings. The van der Waals surface area contributed by atoms with E-state index in [0.717, 1.165) is 10.8 Å². The van der Waals surface area contributed by atoms with Gasteiger partial charge in [-0.25, -0.2) is 0 Å². The zero-order valence-electron chi connectivity index (χ0n) is 8.88. The SMILES string of the molecule is O=C(O)CC(=O)Nc1cccc2cnccc12. The van der Waals surface area contributed by atoms with Crippen molar-refractivity contribution in [3.63, 3.8) is 0 Å². The van der Waals surface area contributed by atoms with E-state index in [-0.39, 0.29) is 0 Å². The molecule has 1 heterocycles. The van der Waals surface area contributed by atoms with Gasteiger partial charge in [0.1, 0.15) is 6.42 Å². The van der Waals surface area contributed by atoms with Crippen molar-refractivity contribution in [1.29, 1.82) is 0 Å². The van der Waals surface area contributed by atoms with Crippen LogP contribution in [0.4, 0.5) is 5.69 Å². The normalized spacial score (nSPS) is 10.1. The van der Waals surface area contributed by atoms with Gasteiger partial charge in [-0.05, 0) is 12.1 Å². The molecular weight excluding hydrogens is 220 g/mol. The lowest BCUT2D eigenvalue weighted by molar-refractivity contribution is -0.139. The number of nitrogens with one attached hydrogen (secondary N) is 1. The van der Waals surface area contributed by atoms with Gasteiger partial charge in [0.05, 0.1) is 0 Å². The third-order valence-electron chi connectivity index (χ3n) is 2.27. The number of anilines is 1. The number of rotatable bonds is 3. The van der Waals surface area contributed by atoms with Gasteiger partial charge in [0.25, 0.3) is 0 Å². The van der Waals surface area contributed by atoms with Crippen molar-refractivity contribution >= 4 is 28.3 Å². The van der Waals surface area contributed by atoms with E-state index in [9.17, 15) is 9.59 Å². The molecular formula is C12H10N2O3. The Hall–Kier alpha value is -2.43. The second kappa shape index (κ2) is 4.61. The van der Waals surface area contributed by atoms with Crippen LogP contribution in [-0.2, 0) is 9.59 Å². The van der Waals surface area contributed by atoms with Gasteiger partial charge in [0.15, 0.2) is 0 Å². The molecule has 5 heteroatoms.